The van der Waals surface area contributed by atoms with Crippen molar-refractivity contribution >= 4 is 5.97 Å². The molecule has 2 fully saturated rings. The minimum Gasteiger partial charge on any atom is -0.462 e. The maximum Gasteiger partial charge on any atom is 0.306 e. The second kappa shape index (κ2) is 18.8. The highest BCUT2D eigenvalue weighted by atomic mass is 16.5. The van der Waals surface area contributed by atoms with Crippen molar-refractivity contribution in [2.45, 2.75) is 174 Å². The van der Waals surface area contributed by atoms with E-state index in [1.54, 1.807) is 0 Å². The molecule has 2 atom stereocenters. The summed E-state index contributed by atoms with van der Waals surface area (Å²) in [5.74, 6) is 1.58. The molecule has 0 aromatic carbocycles. The van der Waals surface area contributed by atoms with E-state index in [-0.39, 0.29) is 12.1 Å². The molecule has 2 heteroatoms. The summed E-state index contributed by atoms with van der Waals surface area (Å²) in [6.45, 7) is 2.29. The Morgan fingerprint density at radius 1 is 0.594 bits per heavy atom. The van der Waals surface area contributed by atoms with Gasteiger partial charge in [-0.1, -0.05) is 135 Å². The molecular formula is C30H56O2. The van der Waals surface area contributed by atoms with Crippen LogP contribution in [0.1, 0.15) is 167 Å². The van der Waals surface area contributed by atoms with Crippen LogP contribution in [0, 0.1) is 11.8 Å². The summed E-state index contributed by atoms with van der Waals surface area (Å²) in [5.41, 5.74) is 0. The van der Waals surface area contributed by atoms with Crippen molar-refractivity contribution in [1.82, 2.24) is 0 Å². The van der Waals surface area contributed by atoms with E-state index in [1.807, 2.05) is 0 Å². The smallest absolute Gasteiger partial charge is 0.306 e. The molecule has 0 amide bonds. The number of unbranched alkanes of at least 4 members (excludes halogenated alkanes) is 14. The number of carbonyl (C=O) groups is 1. The van der Waals surface area contributed by atoms with E-state index in [4.69, 9.17) is 4.74 Å². The van der Waals surface area contributed by atoms with E-state index >= 15 is 0 Å². The third-order valence-corrected chi connectivity index (χ3v) is 8.28. The molecule has 2 aliphatic carbocycles. The first-order chi connectivity index (χ1) is 15.8. The Hall–Kier alpha value is -0.530. The SMILES string of the molecule is CCCCCCCCCCCCCCCCCC(=O)OC1CCCCC1C1CCCCC1. The summed E-state index contributed by atoms with van der Waals surface area (Å²) in [6.07, 6.45) is 33.3. The third-order valence-electron chi connectivity index (χ3n) is 8.28. The number of carbonyl (C=O) groups excluding carboxylic acids is 1. The largest absolute Gasteiger partial charge is 0.462 e. The van der Waals surface area contributed by atoms with Gasteiger partial charge in [0.15, 0.2) is 0 Å². The molecule has 2 aliphatic rings. The molecule has 0 aromatic heterocycles. The van der Waals surface area contributed by atoms with Crippen molar-refractivity contribution in [3.63, 3.8) is 0 Å². The second-order valence-corrected chi connectivity index (χ2v) is 11.1. The summed E-state index contributed by atoms with van der Waals surface area (Å²) in [6, 6.07) is 0. The summed E-state index contributed by atoms with van der Waals surface area (Å²) < 4.78 is 6.04. The number of ether oxygens (including phenoxy) is 1. The second-order valence-electron chi connectivity index (χ2n) is 11.1. The van der Waals surface area contributed by atoms with E-state index in [1.165, 1.54) is 141 Å². The van der Waals surface area contributed by atoms with Gasteiger partial charge in [-0.15, -0.1) is 0 Å². The van der Waals surface area contributed by atoms with Gasteiger partial charge in [0.1, 0.15) is 6.10 Å². The molecule has 0 bridgehead atoms. The predicted molar refractivity (Wildman–Crippen MR) is 138 cm³/mol. The fourth-order valence-electron chi connectivity index (χ4n) is 6.24. The van der Waals surface area contributed by atoms with Crippen molar-refractivity contribution in [3.05, 3.63) is 0 Å². The molecule has 0 radical (unpaired) electrons. The first kappa shape index (κ1) is 27.7. The monoisotopic (exact) mass is 448 g/mol. The maximum atomic E-state index is 12.5. The fraction of sp³-hybridized carbons (Fsp3) is 0.967. The van der Waals surface area contributed by atoms with Gasteiger partial charge in [0.2, 0.25) is 0 Å². The Labute approximate surface area is 201 Å². The highest BCUT2D eigenvalue weighted by Crippen LogP contribution is 2.39. The Bertz CT molecular complexity index is 440. The molecule has 0 aliphatic heterocycles. The number of hydrogen-bond acceptors (Lipinski definition) is 2. The molecule has 0 spiro atoms. The van der Waals surface area contributed by atoms with Crippen LogP contribution in [-0.4, -0.2) is 12.1 Å². The van der Waals surface area contributed by atoms with Crippen LogP contribution in [0.25, 0.3) is 0 Å². The first-order valence-corrected chi connectivity index (χ1v) is 15.0. The molecule has 32 heavy (non-hydrogen) atoms. The number of rotatable bonds is 18. The van der Waals surface area contributed by atoms with Crippen molar-refractivity contribution < 1.29 is 9.53 Å². The van der Waals surface area contributed by atoms with E-state index in [0.29, 0.717) is 12.3 Å². The van der Waals surface area contributed by atoms with Crippen molar-refractivity contribution in [3.8, 4) is 0 Å². The van der Waals surface area contributed by atoms with Crippen LogP contribution in [0.5, 0.6) is 0 Å². The van der Waals surface area contributed by atoms with Crippen LogP contribution in [0.2, 0.25) is 0 Å². The van der Waals surface area contributed by atoms with Gasteiger partial charge in [0, 0.05) is 6.42 Å². The van der Waals surface area contributed by atoms with Crippen molar-refractivity contribution in [2.24, 2.45) is 11.8 Å². The van der Waals surface area contributed by atoms with Crippen molar-refractivity contribution in [2.75, 3.05) is 0 Å². The Kier molecular flexibility index (Phi) is 16.3. The Morgan fingerprint density at radius 3 is 1.62 bits per heavy atom. The first-order valence-electron chi connectivity index (χ1n) is 15.0. The van der Waals surface area contributed by atoms with Crippen molar-refractivity contribution in [1.29, 1.82) is 0 Å². The van der Waals surface area contributed by atoms with Crippen LogP contribution < -0.4 is 0 Å². The lowest BCUT2D eigenvalue weighted by molar-refractivity contribution is -0.155. The Balaban J connectivity index is 1.39. The van der Waals surface area contributed by atoms with Crippen LogP contribution >= 0.6 is 0 Å². The third kappa shape index (κ3) is 12.6. The minimum absolute atomic E-state index is 0.0902. The fourth-order valence-corrected chi connectivity index (χ4v) is 6.24. The summed E-state index contributed by atoms with van der Waals surface area (Å²) in [5, 5.41) is 0. The van der Waals surface area contributed by atoms with E-state index in [2.05, 4.69) is 6.92 Å². The molecule has 2 nitrogen and oxygen atoms in total. The average molecular weight is 449 g/mol. The molecular weight excluding hydrogens is 392 g/mol. The van der Waals surface area contributed by atoms with Gasteiger partial charge in [0.25, 0.3) is 0 Å². The zero-order valence-corrected chi connectivity index (χ0v) is 21.7. The van der Waals surface area contributed by atoms with Gasteiger partial charge in [-0.3, -0.25) is 4.79 Å². The highest BCUT2D eigenvalue weighted by molar-refractivity contribution is 5.69. The molecule has 2 unspecified atom stereocenters. The molecule has 188 valence electrons. The quantitative estimate of drug-likeness (QED) is 0.154. The summed E-state index contributed by atoms with van der Waals surface area (Å²) in [4.78, 5) is 12.5. The van der Waals surface area contributed by atoms with Crippen LogP contribution in [-0.2, 0) is 9.53 Å². The van der Waals surface area contributed by atoms with Crippen LogP contribution in [0.15, 0.2) is 0 Å². The van der Waals surface area contributed by atoms with E-state index in [9.17, 15) is 4.79 Å². The lowest BCUT2D eigenvalue weighted by Crippen LogP contribution is -2.35. The number of esters is 1. The van der Waals surface area contributed by atoms with Gasteiger partial charge in [0.05, 0.1) is 0 Å². The summed E-state index contributed by atoms with van der Waals surface area (Å²) >= 11 is 0. The molecule has 0 heterocycles. The van der Waals surface area contributed by atoms with Crippen LogP contribution in [0.3, 0.4) is 0 Å². The standard InChI is InChI=1S/C30H56O2/c1-2-3-4-5-6-7-8-9-10-11-12-13-14-15-19-26-30(31)32-29-25-21-20-24-28(29)27-22-17-16-18-23-27/h27-29H,2-26H2,1H3. The van der Waals surface area contributed by atoms with Crippen LogP contribution in [0.4, 0.5) is 0 Å². The maximum absolute atomic E-state index is 12.5. The highest BCUT2D eigenvalue weighted by Gasteiger charge is 2.34. The number of hydrogen-bond donors (Lipinski definition) is 0. The zero-order valence-electron chi connectivity index (χ0n) is 21.7. The predicted octanol–water partition coefficient (Wildman–Crippen LogP) is 9.93. The average Bonchev–Trinajstić information content (AvgIpc) is 2.82. The van der Waals surface area contributed by atoms with Gasteiger partial charge in [-0.05, 0) is 37.5 Å². The normalized spacial score (nSPS) is 22.2. The zero-order chi connectivity index (χ0) is 22.7. The van der Waals surface area contributed by atoms with Gasteiger partial charge >= 0.3 is 5.97 Å². The van der Waals surface area contributed by atoms with E-state index < -0.39 is 0 Å². The Morgan fingerprint density at radius 2 is 1.06 bits per heavy atom. The molecule has 0 aromatic rings. The lowest BCUT2D eigenvalue weighted by Gasteiger charge is -2.38. The summed E-state index contributed by atoms with van der Waals surface area (Å²) in [7, 11) is 0. The minimum atomic E-state index is 0.0902. The topological polar surface area (TPSA) is 26.3 Å². The van der Waals surface area contributed by atoms with E-state index in [0.717, 1.165) is 18.8 Å². The molecule has 0 saturated heterocycles. The molecule has 0 N–H and O–H groups in total. The van der Waals surface area contributed by atoms with Gasteiger partial charge in [-0.25, -0.2) is 0 Å². The van der Waals surface area contributed by atoms with Gasteiger partial charge < -0.3 is 4.74 Å². The molecule has 2 rings (SSSR count). The lowest BCUT2D eigenvalue weighted by atomic mass is 9.72. The van der Waals surface area contributed by atoms with Gasteiger partial charge in [-0.2, -0.15) is 0 Å². The molecule has 2 saturated carbocycles.